The molecule has 19 heavy (non-hydrogen) atoms. The summed E-state index contributed by atoms with van der Waals surface area (Å²) in [5, 5.41) is 0. The molecule has 3 nitrogen and oxygen atoms in total. The summed E-state index contributed by atoms with van der Waals surface area (Å²) in [6.45, 7) is 10.9. The Balaban J connectivity index is 1.92. The molecule has 112 valence electrons. The Kier molecular flexibility index (Phi) is 5.27. The van der Waals surface area contributed by atoms with Gasteiger partial charge >= 0.3 is 0 Å². The maximum absolute atomic E-state index is 6.01. The first-order chi connectivity index (χ1) is 8.99. The van der Waals surface area contributed by atoms with Gasteiger partial charge in [0.25, 0.3) is 0 Å². The average molecular weight is 268 g/mol. The van der Waals surface area contributed by atoms with Crippen molar-refractivity contribution in [2.45, 2.75) is 65.0 Å². The highest BCUT2D eigenvalue weighted by Crippen LogP contribution is 2.31. The molecule has 1 heterocycles. The Labute approximate surface area is 118 Å². The minimum atomic E-state index is 0.377. The number of hydrogen-bond acceptors (Lipinski definition) is 3. The van der Waals surface area contributed by atoms with Crippen LogP contribution in [0.5, 0.6) is 0 Å². The normalized spacial score (nSPS) is 30.9. The first-order valence-electron chi connectivity index (χ1n) is 8.05. The quantitative estimate of drug-likeness (QED) is 0.852. The number of ether oxygens (including phenoxy) is 1. The Bertz CT molecular complexity index is 272. The number of hydrogen-bond donors (Lipinski definition) is 1. The van der Waals surface area contributed by atoms with Crippen LogP contribution in [-0.4, -0.2) is 43.3 Å². The molecule has 1 saturated carbocycles. The van der Waals surface area contributed by atoms with Gasteiger partial charge in [-0.25, -0.2) is 0 Å². The summed E-state index contributed by atoms with van der Waals surface area (Å²) in [4.78, 5) is 2.68. The molecule has 0 spiro atoms. The SMILES string of the molecule is CC(C)(C)CC(CN)CN1CCOC2CCCCC21. The maximum Gasteiger partial charge on any atom is 0.0730 e. The molecule has 3 atom stereocenters. The lowest BCUT2D eigenvalue weighted by atomic mass is 9.83. The zero-order valence-corrected chi connectivity index (χ0v) is 13.0. The Hall–Kier alpha value is -0.120. The van der Waals surface area contributed by atoms with Crippen LogP contribution in [0.3, 0.4) is 0 Å². The molecule has 3 heteroatoms. The standard InChI is InChI=1S/C16H32N2O/c1-16(2,3)10-13(11-17)12-18-8-9-19-15-7-5-4-6-14(15)18/h13-15H,4-12,17H2,1-3H3. The Morgan fingerprint density at radius 1 is 1.26 bits per heavy atom. The van der Waals surface area contributed by atoms with Gasteiger partial charge in [0.15, 0.2) is 0 Å². The van der Waals surface area contributed by atoms with Crippen LogP contribution in [0.1, 0.15) is 52.9 Å². The van der Waals surface area contributed by atoms with E-state index in [-0.39, 0.29) is 0 Å². The van der Waals surface area contributed by atoms with E-state index in [9.17, 15) is 0 Å². The lowest BCUT2D eigenvalue weighted by molar-refractivity contribution is -0.0927. The topological polar surface area (TPSA) is 38.5 Å². The zero-order valence-electron chi connectivity index (χ0n) is 13.0. The van der Waals surface area contributed by atoms with Gasteiger partial charge in [-0.3, -0.25) is 4.90 Å². The fourth-order valence-electron chi connectivity index (χ4n) is 3.82. The predicted octanol–water partition coefficient (Wildman–Crippen LogP) is 2.64. The average Bonchev–Trinajstić information content (AvgIpc) is 2.37. The van der Waals surface area contributed by atoms with Crippen molar-refractivity contribution in [1.29, 1.82) is 0 Å². The van der Waals surface area contributed by atoms with Gasteiger partial charge in [0, 0.05) is 19.1 Å². The van der Waals surface area contributed by atoms with E-state index < -0.39 is 0 Å². The number of rotatable bonds is 4. The van der Waals surface area contributed by atoms with Crippen molar-refractivity contribution >= 4 is 0 Å². The largest absolute Gasteiger partial charge is 0.375 e. The van der Waals surface area contributed by atoms with Gasteiger partial charge in [-0.05, 0) is 37.1 Å². The lowest BCUT2D eigenvalue weighted by Crippen LogP contribution is -2.54. The molecule has 2 aliphatic rings. The minimum absolute atomic E-state index is 0.377. The van der Waals surface area contributed by atoms with Crippen LogP contribution in [0.25, 0.3) is 0 Å². The second-order valence-electron chi connectivity index (χ2n) is 7.62. The van der Waals surface area contributed by atoms with Crippen molar-refractivity contribution in [3.8, 4) is 0 Å². The predicted molar refractivity (Wildman–Crippen MR) is 80.2 cm³/mol. The fraction of sp³-hybridized carbons (Fsp3) is 1.00. The van der Waals surface area contributed by atoms with E-state index in [0.29, 0.717) is 23.5 Å². The van der Waals surface area contributed by atoms with Crippen LogP contribution in [-0.2, 0) is 4.74 Å². The summed E-state index contributed by atoms with van der Waals surface area (Å²) in [7, 11) is 0. The highest BCUT2D eigenvalue weighted by atomic mass is 16.5. The molecule has 3 unspecified atom stereocenters. The van der Waals surface area contributed by atoms with Gasteiger partial charge in [0.05, 0.1) is 12.7 Å². The molecule has 2 rings (SSSR count). The third-order valence-electron chi connectivity index (χ3n) is 4.57. The molecule has 0 aromatic carbocycles. The van der Waals surface area contributed by atoms with Crippen molar-refractivity contribution in [3.05, 3.63) is 0 Å². The van der Waals surface area contributed by atoms with E-state index in [0.717, 1.165) is 26.2 Å². The summed E-state index contributed by atoms with van der Waals surface area (Å²) in [6.07, 6.45) is 7.00. The fourth-order valence-corrected chi connectivity index (χ4v) is 3.82. The van der Waals surface area contributed by atoms with Crippen LogP contribution < -0.4 is 5.73 Å². The van der Waals surface area contributed by atoms with Crippen molar-refractivity contribution in [2.75, 3.05) is 26.2 Å². The minimum Gasteiger partial charge on any atom is -0.375 e. The maximum atomic E-state index is 6.01. The second kappa shape index (κ2) is 6.55. The Morgan fingerprint density at radius 2 is 2.00 bits per heavy atom. The molecule has 0 aromatic heterocycles. The molecule has 2 N–H and O–H groups in total. The van der Waals surface area contributed by atoms with Crippen LogP contribution in [0.2, 0.25) is 0 Å². The summed E-state index contributed by atoms with van der Waals surface area (Å²) < 4.78 is 5.96. The first kappa shape index (κ1) is 15.3. The molecule has 0 radical (unpaired) electrons. The monoisotopic (exact) mass is 268 g/mol. The van der Waals surface area contributed by atoms with Gasteiger partial charge in [-0.15, -0.1) is 0 Å². The molecular formula is C16H32N2O. The summed E-state index contributed by atoms with van der Waals surface area (Å²) >= 11 is 0. The van der Waals surface area contributed by atoms with Crippen LogP contribution in [0.15, 0.2) is 0 Å². The summed E-state index contributed by atoms with van der Waals surface area (Å²) in [5.74, 6) is 0.626. The zero-order chi connectivity index (χ0) is 13.9. The number of nitrogens with zero attached hydrogens (tertiary/aromatic N) is 1. The summed E-state index contributed by atoms with van der Waals surface area (Å²) in [6, 6.07) is 0.663. The van der Waals surface area contributed by atoms with Crippen LogP contribution in [0.4, 0.5) is 0 Å². The highest BCUT2D eigenvalue weighted by Gasteiger charge is 2.35. The number of fused-ring (bicyclic) bond motifs is 1. The molecule has 0 amide bonds. The highest BCUT2D eigenvalue weighted by molar-refractivity contribution is 4.88. The summed E-state index contributed by atoms with van der Waals surface area (Å²) in [5.41, 5.74) is 6.38. The lowest BCUT2D eigenvalue weighted by Gasteiger charge is -2.45. The molecular weight excluding hydrogens is 236 g/mol. The van der Waals surface area contributed by atoms with E-state index in [2.05, 4.69) is 25.7 Å². The molecule has 0 bridgehead atoms. The smallest absolute Gasteiger partial charge is 0.0730 e. The van der Waals surface area contributed by atoms with E-state index in [1.54, 1.807) is 0 Å². The molecule has 1 aliphatic carbocycles. The Morgan fingerprint density at radius 3 is 2.68 bits per heavy atom. The molecule has 1 aliphatic heterocycles. The third kappa shape index (κ3) is 4.44. The van der Waals surface area contributed by atoms with Crippen LogP contribution in [0, 0.1) is 11.3 Å². The van der Waals surface area contributed by atoms with Crippen LogP contribution >= 0.6 is 0 Å². The van der Waals surface area contributed by atoms with Gasteiger partial charge in [-0.1, -0.05) is 33.6 Å². The first-order valence-corrected chi connectivity index (χ1v) is 8.05. The number of morpholine rings is 1. The van der Waals surface area contributed by atoms with Gasteiger partial charge in [0.1, 0.15) is 0 Å². The number of nitrogens with two attached hydrogens (primary N) is 1. The van der Waals surface area contributed by atoms with E-state index in [4.69, 9.17) is 10.5 Å². The molecule has 0 aromatic rings. The van der Waals surface area contributed by atoms with Gasteiger partial charge in [0.2, 0.25) is 0 Å². The van der Waals surface area contributed by atoms with Crippen molar-refractivity contribution < 1.29 is 4.74 Å². The molecule has 1 saturated heterocycles. The van der Waals surface area contributed by atoms with Crippen molar-refractivity contribution in [2.24, 2.45) is 17.1 Å². The van der Waals surface area contributed by atoms with Crippen molar-refractivity contribution in [3.63, 3.8) is 0 Å². The van der Waals surface area contributed by atoms with E-state index in [1.807, 2.05) is 0 Å². The third-order valence-corrected chi connectivity index (χ3v) is 4.57. The second-order valence-corrected chi connectivity index (χ2v) is 7.62. The van der Waals surface area contributed by atoms with Crippen molar-refractivity contribution in [1.82, 2.24) is 4.90 Å². The van der Waals surface area contributed by atoms with Gasteiger partial charge in [-0.2, -0.15) is 0 Å². The van der Waals surface area contributed by atoms with E-state index >= 15 is 0 Å². The molecule has 2 fully saturated rings. The van der Waals surface area contributed by atoms with E-state index in [1.165, 1.54) is 32.1 Å². The van der Waals surface area contributed by atoms with Gasteiger partial charge < -0.3 is 10.5 Å².